The van der Waals surface area contributed by atoms with Gasteiger partial charge in [-0.1, -0.05) is 17.7 Å². The van der Waals surface area contributed by atoms with E-state index in [9.17, 15) is 27.9 Å². The van der Waals surface area contributed by atoms with Gasteiger partial charge in [-0.15, -0.1) is 0 Å². The summed E-state index contributed by atoms with van der Waals surface area (Å²) in [6.07, 6.45) is -3.49. The molecule has 4 aromatic rings. The van der Waals surface area contributed by atoms with Crippen LogP contribution in [0, 0.1) is 6.92 Å². The van der Waals surface area contributed by atoms with E-state index in [4.69, 9.17) is 16.6 Å². The number of halogens is 4. The van der Waals surface area contributed by atoms with Gasteiger partial charge in [0.15, 0.2) is 5.69 Å². The Kier molecular flexibility index (Phi) is 7.66. The smallest absolute Gasteiger partial charge is 0.433 e. The molecule has 0 amide bonds. The van der Waals surface area contributed by atoms with Crippen molar-refractivity contribution in [3.05, 3.63) is 74.6 Å². The summed E-state index contributed by atoms with van der Waals surface area (Å²) < 4.78 is 40.9. The fourth-order valence-corrected chi connectivity index (χ4v) is 5.09. The Balaban J connectivity index is 1.46. The monoisotopic (exact) mass is 602 g/mol. The number of hydrogen-bond acceptors (Lipinski definition) is 9. The van der Waals surface area contributed by atoms with Crippen LogP contribution in [0.1, 0.15) is 40.3 Å². The molecule has 0 unspecified atom stereocenters. The van der Waals surface area contributed by atoms with E-state index in [0.717, 1.165) is 17.8 Å². The van der Waals surface area contributed by atoms with E-state index in [-0.39, 0.29) is 28.0 Å². The first-order valence-corrected chi connectivity index (χ1v) is 13.3. The fourth-order valence-electron chi connectivity index (χ4n) is 4.94. The van der Waals surface area contributed by atoms with Crippen LogP contribution in [0.4, 0.5) is 30.8 Å². The van der Waals surface area contributed by atoms with Gasteiger partial charge in [-0.25, -0.2) is 24.7 Å². The van der Waals surface area contributed by atoms with Crippen molar-refractivity contribution in [3.63, 3.8) is 0 Å². The number of aryl methyl sites for hydroxylation is 1. The number of fused-ring (bicyclic) bond motifs is 1. The highest BCUT2D eigenvalue weighted by atomic mass is 35.5. The molecule has 0 aliphatic carbocycles. The number of rotatable bonds is 6. The molecule has 5 rings (SSSR count). The SMILES string of the molecule is Cc1cc([C@@H](C)Nc2ccc(Cl)nc2C(=O)O)c2nc(N3CCN(c4nccc(C(F)(F)F)n4)CC3)n(C)c(=O)c2c1. The number of aromatic nitrogens is 5. The fraction of sp³-hybridized carbons (Fsp3) is 0.333. The molecule has 0 bridgehead atoms. The largest absolute Gasteiger partial charge is 0.476 e. The third-order valence-corrected chi connectivity index (χ3v) is 7.22. The van der Waals surface area contributed by atoms with Gasteiger partial charge in [0.05, 0.1) is 22.6 Å². The third kappa shape index (κ3) is 5.66. The lowest BCUT2D eigenvalue weighted by Crippen LogP contribution is -2.49. The first-order chi connectivity index (χ1) is 19.8. The Morgan fingerprint density at radius 2 is 1.76 bits per heavy atom. The number of nitrogens with zero attached hydrogens (tertiary/aromatic N) is 7. The zero-order valence-electron chi connectivity index (χ0n) is 22.8. The zero-order chi connectivity index (χ0) is 30.3. The van der Waals surface area contributed by atoms with Crippen molar-refractivity contribution in [2.24, 2.45) is 7.05 Å². The van der Waals surface area contributed by atoms with Crippen molar-refractivity contribution < 1.29 is 23.1 Å². The Morgan fingerprint density at radius 3 is 2.43 bits per heavy atom. The molecule has 0 saturated carbocycles. The number of alkyl halides is 3. The number of nitrogens with one attached hydrogen (secondary N) is 1. The number of piperazine rings is 1. The molecular formula is C27H26ClF3N8O3. The molecular weight excluding hydrogens is 577 g/mol. The standard InChI is InChI=1S/C27H26ClF3N8O3/c1-14-12-16(15(2)33-18-4-5-20(28)35-22(18)24(41)42)21-17(13-14)23(40)37(3)26(36-21)39-10-8-38(9-11-39)25-32-7-6-19(34-25)27(29,30)31/h4-7,12-13,15,33H,8-11H2,1-3H3,(H,41,42)/t15-/m1/s1. The van der Waals surface area contributed by atoms with Gasteiger partial charge in [-0.2, -0.15) is 13.2 Å². The molecule has 1 fully saturated rings. The average Bonchev–Trinajstić information content (AvgIpc) is 2.95. The van der Waals surface area contributed by atoms with Crippen LogP contribution in [0.2, 0.25) is 5.15 Å². The van der Waals surface area contributed by atoms with Gasteiger partial charge < -0.3 is 20.2 Å². The summed E-state index contributed by atoms with van der Waals surface area (Å²) >= 11 is 5.90. The highest BCUT2D eigenvalue weighted by Gasteiger charge is 2.34. The van der Waals surface area contributed by atoms with Crippen LogP contribution >= 0.6 is 11.6 Å². The number of carboxylic acid groups (broad SMARTS) is 1. The molecule has 11 nitrogen and oxygen atoms in total. The van der Waals surface area contributed by atoms with Crippen LogP contribution in [0.5, 0.6) is 0 Å². The van der Waals surface area contributed by atoms with E-state index in [0.29, 0.717) is 48.6 Å². The molecule has 1 aromatic carbocycles. The number of anilines is 3. The predicted octanol–water partition coefficient (Wildman–Crippen LogP) is 4.30. The normalized spacial score (nSPS) is 14.7. The molecule has 3 aromatic heterocycles. The zero-order valence-corrected chi connectivity index (χ0v) is 23.5. The second-order valence-electron chi connectivity index (χ2n) is 9.94. The Morgan fingerprint density at radius 1 is 1.07 bits per heavy atom. The van der Waals surface area contributed by atoms with Crippen LogP contribution in [0.3, 0.4) is 0 Å². The molecule has 15 heteroatoms. The highest BCUT2D eigenvalue weighted by Crippen LogP contribution is 2.30. The van der Waals surface area contributed by atoms with Gasteiger partial charge in [0.1, 0.15) is 10.8 Å². The predicted molar refractivity (Wildman–Crippen MR) is 151 cm³/mol. The number of carbonyl (C=O) groups is 1. The summed E-state index contributed by atoms with van der Waals surface area (Å²) in [6.45, 7) is 5.02. The van der Waals surface area contributed by atoms with Gasteiger partial charge in [-0.05, 0) is 43.7 Å². The summed E-state index contributed by atoms with van der Waals surface area (Å²) in [5.41, 5.74) is 0.677. The summed E-state index contributed by atoms with van der Waals surface area (Å²) in [4.78, 5) is 45.3. The minimum atomic E-state index is -4.58. The second kappa shape index (κ2) is 11.1. The second-order valence-corrected chi connectivity index (χ2v) is 10.3. The van der Waals surface area contributed by atoms with Gasteiger partial charge in [0, 0.05) is 45.0 Å². The number of carboxylic acids is 1. The average molecular weight is 603 g/mol. The summed E-state index contributed by atoms with van der Waals surface area (Å²) in [5, 5.41) is 13.2. The van der Waals surface area contributed by atoms with Gasteiger partial charge in [0.25, 0.3) is 5.56 Å². The van der Waals surface area contributed by atoms with Crippen molar-refractivity contribution in [1.29, 1.82) is 0 Å². The summed E-state index contributed by atoms with van der Waals surface area (Å²) in [7, 11) is 1.62. The Bertz CT molecular complexity index is 1740. The number of hydrogen-bond donors (Lipinski definition) is 2. The quantitative estimate of drug-likeness (QED) is 0.308. The number of benzene rings is 1. The van der Waals surface area contributed by atoms with Gasteiger partial charge in [0.2, 0.25) is 11.9 Å². The molecule has 1 aliphatic heterocycles. The van der Waals surface area contributed by atoms with E-state index in [1.165, 1.54) is 16.7 Å². The topological polar surface area (TPSA) is 129 Å². The van der Waals surface area contributed by atoms with E-state index in [1.54, 1.807) is 18.0 Å². The maximum Gasteiger partial charge on any atom is 0.433 e. The van der Waals surface area contributed by atoms with Crippen LogP contribution in [-0.2, 0) is 13.2 Å². The molecule has 4 heterocycles. The van der Waals surface area contributed by atoms with Crippen molar-refractivity contribution in [1.82, 2.24) is 24.5 Å². The molecule has 42 heavy (non-hydrogen) atoms. The number of aromatic carboxylic acids is 1. The van der Waals surface area contributed by atoms with Crippen LogP contribution in [0.25, 0.3) is 10.9 Å². The van der Waals surface area contributed by atoms with E-state index in [1.807, 2.05) is 24.8 Å². The van der Waals surface area contributed by atoms with Gasteiger partial charge in [-0.3, -0.25) is 9.36 Å². The Hall–Kier alpha value is -4.46. The van der Waals surface area contributed by atoms with Crippen molar-refractivity contribution in [3.8, 4) is 0 Å². The summed E-state index contributed by atoms with van der Waals surface area (Å²) in [5.74, 6) is -0.862. The minimum Gasteiger partial charge on any atom is -0.476 e. The van der Waals surface area contributed by atoms with Crippen molar-refractivity contribution >= 4 is 46.1 Å². The molecule has 1 aliphatic rings. The molecule has 220 valence electrons. The van der Waals surface area contributed by atoms with E-state index < -0.39 is 23.9 Å². The number of pyridine rings is 1. The van der Waals surface area contributed by atoms with Crippen LogP contribution < -0.4 is 20.7 Å². The first-order valence-electron chi connectivity index (χ1n) is 12.9. The van der Waals surface area contributed by atoms with Gasteiger partial charge >= 0.3 is 12.1 Å². The highest BCUT2D eigenvalue weighted by molar-refractivity contribution is 6.29. The molecule has 1 atom stereocenters. The lowest BCUT2D eigenvalue weighted by atomic mass is 10.0. The lowest BCUT2D eigenvalue weighted by molar-refractivity contribution is -0.141. The molecule has 1 saturated heterocycles. The Labute approximate surface area is 242 Å². The molecule has 0 spiro atoms. The summed E-state index contributed by atoms with van der Waals surface area (Å²) in [6, 6.07) is 6.99. The van der Waals surface area contributed by atoms with Crippen LogP contribution in [0.15, 0.2) is 41.3 Å². The van der Waals surface area contributed by atoms with Crippen molar-refractivity contribution in [2.75, 3.05) is 41.3 Å². The first kappa shape index (κ1) is 29.0. The van der Waals surface area contributed by atoms with Crippen LogP contribution in [-0.4, -0.2) is 61.8 Å². The van der Waals surface area contributed by atoms with E-state index in [2.05, 4.69) is 20.3 Å². The third-order valence-electron chi connectivity index (χ3n) is 7.01. The van der Waals surface area contributed by atoms with Crippen molar-refractivity contribution in [2.45, 2.75) is 26.1 Å². The maximum atomic E-state index is 13.5. The lowest BCUT2D eigenvalue weighted by Gasteiger charge is -2.36. The maximum absolute atomic E-state index is 13.5. The molecule has 0 radical (unpaired) electrons. The molecule has 2 N–H and O–H groups in total. The minimum absolute atomic E-state index is 0.0140. The van der Waals surface area contributed by atoms with E-state index >= 15 is 0 Å².